The number of ether oxygens (including phenoxy) is 2. The summed E-state index contributed by atoms with van der Waals surface area (Å²) in [6, 6.07) is 5.83. The first-order chi connectivity index (χ1) is 12.4. The Hall–Kier alpha value is -2.63. The lowest BCUT2D eigenvalue weighted by atomic mass is 9.82. The summed E-state index contributed by atoms with van der Waals surface area (Å²) in [5.74, 6) is -1.78. The minimum absolute atomic E-state index is 0.215. The third-order valence-electron chi connectivity index (χ3n) is 4.21. The number of dihydropyridines is 1. The van der Waals surface area contributed by atoms with Crippen LogP contribution >= 0.6 is 0 Å². The molecular formula is C20H24FNO4. The molecule has 1 aromatic rings. The molecule has 1 aromatic carbocycles. The first-order valence-electron chi connectivity index (χ1n) is 8.76. The molecule has 1 aliphatic rings. The second-order valence-corrected chi connectivity index (χ2v) is 5.86. The highest BCUT2D eigenvalue weighted by molar-refractivity contribution is 6.03. The van der Waals surface area contributed by atoms with Gasteiger partial charge in [-0.1, -0.05) is 6.92 Å². The van der Waals surface area contributed by atoms with Crippen LogP contribution in [0.4, 0.5) is 4.39 Å². The quantitative estimate of drug-likeness (QED) is 0.785. The smallest absolute Gasteiger partial charge is 0.336 e. The van der Waals surface area contributed by atoms with Crippen LogP contribution in [-0.2, 0) is 19.1 Å². The van der Waals surface area contributed by atoms with Crippen molar-refractivity contribution < 1.29 is 23.5 Å². The second-order valence-electron chi connectivity index (χ2n) is 5.86. The maximum absolute atomic E-state index is 13.3. The number of hydrogen-bond donors (Lipinski definition) is 1. The monoisotopic (exact) mass is 361 g/mol. The molecule has 1 heterocycles. The molecule has 0 unspecified atom stereocenters. The van der Waals surface area contributed by atoms with Gasteiger partial charge in [0.05, 0.1) is 30.1 Å². The van der Waals surface area contributed by atoms with E-state index in [9.17, 15) is 14.0 Å². The maximum atomic E-state index is 13.3. The molecular weight excluding hydrogens is 337 g/mol. The van der Waals surface area contributed by atoms with Crippen molar-refractivity contribution in [1.82, 2.24) is 5.32 Å². The van der Waals surface area contributed by atoms with E-state index in [-0.39, 0.29) is 19.0 Å². The van der Waals surface area contributed by atoms with Crippen LogP contribution in [0, 0.1) is 11.7 Å². The number of carbonyl (C=O) groups is 2. The van der Waals surface area contributed by atoms with Crippen LogP contribution in [0.5, 0.6) is 0 Å². The van der Waals surface area contributed by atoms with E-state index in [2.05, 4.69) is 5.32 Å². The van der Waals surface area contributed by atoms with Gasteiger partial charge in [-0.3, -0.25) is 0 Å². The minimum Gasteiger partial charge on any atom is -0.463 e. The summed E-state index contributed by atoms with van der Waals surface area (Å²) in [5, 5.41) is 3.13. The number of hydrogen-bond acceptors (Lipinski definition) is 5. The average Bonchev–Trinajstić information content (AvgIpc) is 2.61. The van der Waals surface area contributed by atoms with Crippen molar-refractivity contribution in [3.05, 3.63) is 52.5 Å². The zero-order valence-corrected chi connectivity index (χ0v) is 15.5. The fraction of sp³-hybridized carbons (Fsp3) is 0.400. The van der Waals surface area contributed by atoms with Gasteiger partial charge in [-0.05, 0) is 57.0 Å². The lowest BCUT2D eigenvalue weighted by molar-refractivity contribution is -0.140. The molecule has 0 radical (unpaired) electrons. The number of carbonyl (C=O) groups excluding carboxylic acids is 2. The van der Waals surface area contributed by atoms with Gasteiger partial charge < -0.3 is 14.8 Å². The molecule has 1 N–H and O–H groups in total. The van der Waals surface area contributed by atoms with Crippen LogP contribution in [-0.4, -0.2) is 25.2 Å². The molecule has 0 bridgehead atoms. The van der Waals surface area contributed by atoms with Crippen molar-refractivity contribution in [3.63, 3.8) is 0 Å². The van der Waals surface area contributed by atoms with Crippen molar-refractivity contribution in [2.45, 2.75) is 34.1 Å². The summed E-state index contributed by atoms with van der Waals surface area (Å²) in [4.78, 5) is 25.1. The fourth-order valence-corrected chi connectivity index (χ4v) is 3.11. The van der Waals surface area contributed by atoms with Crippen molar-refractivity contribution in [2.24, 2.45) is 5.92 Å². The Morgan fingerprint density at radius 2 is 1.54 bits per heavy atom. The number of nitrogens with one attached hydrogen (secondary N) is 1. The Morgan fingerprint density at radius 1 is 1.00 bits per heavy atom. The van der Waals surface area contributed by atoms with E-state index in [1.807, 2.05) is 6.92 Å². The Bertz CT molecular complexity index is 750. The number of esters is 2. The Balaban J connectivity index is 2.60. The summed E-state index contributed by atoms with van der Waals surface area (Å²) < 4.78 is 23.7. The molecule has 6 heteroatoms. The summed E-state index contributed by atoms with van der Waals surface area (Å²) in [6.07, 6.45) is 0.520. The Labute approximate surface area is 152 Å². The Morgan fingerprint density at radius 3 is 2.04 bits per heavy atom. The van der Waals surface area contributed by atoms with Crippen molar-refractivity contribution >= 4 is 17.6 Å². The molecule has 1 aliphatic heterocycles. The summed E-state index contributed by atoms with van der Waals surface area (Å²) in [6.45, 7) is 7.57. The van der Waals surface area contributed by atoms with Gasteiger partial charge in [-0.25, -0.2) is 14.0 Å². The zero-order chi connectivity index (χ0) is 19.3. The summed E-state index contributed by atoms with van der Waals surface area (Å²) in [5.41, 5.74) is 2.57. The molecule has 0 spiro atoms. The van der Waals surface area contributed by atoms with Crippen molar-refractivity contribution in [1.29, 1.82) is 0 Å². The Kier molecular flexibility index (Phi) is 6.55. The standard InChI is InChI=1S/C20H24FNO4/c1-5-15-16(19(23)25-6-2)12(4)22-18(17(15)20(24)26-7-3)13-8-10-14(21)11-9-13/h8-11,15,22H,5-7H2,1-4H3/t15-/m0/s1. The van der Waals surface area contributed by atoms with E-state index < -0.39 is 17.9 Å². The third kappa shape index (κ3) is 3.95. The van der Waals surface area contributed by atoms with E-state index in [1.54, 1.807) is 32.9 Å². The van der Waals surface area contributed by atoms with Crippen LogP contribution in [0.15, 0.2) is 41.1 Å². The van der Waals surface area contributed by atoms with Crippen LogP contribution in [0.25, 0.3) is 5.70 Å². The van der Waals surface area contributed by atoms with Crippen molar-refractivity contribution in [3.8, 4) is 0 Å². The predicted octanol–water partition coefficient (Wildman–Crippen LogP) is 3.57. The van der Waals surface area contributed by atoms with Gasteiger partial charge in [-0.2, -0.15) is 0 Å². The van der Waals surface area contributed by atoms with E-state index >= 15 is 0 Å². The molecule has 1 atom stereocenters. The number of allylic oxidation sites excluding steroid dienone is 1. The van der Waals surface area contributed by atoms with Gasteiger partial charge in [0.1, 0.15) is 5.82 Å². The topological polar surface area (TPSA) is 64.6 Å². The molecule has 5 nitrogen and oxygen atoms in total. The van der Waals surface area contributed by atoms with E-state index in [1.165, 1.54) is 12.1 Å². The SMILES string of the molecule is CCOC(=O)C1=C(C)NC(c2ccc(F)cc2)=C(C(=O)OCC)[C@H]1CC. The lowest BCUT2D eigenvalue weighted by Crippen LogP contribution is -2.33. The molecule has 2 rings (SSSR count). The number of rotatable bonds is 6. The minimum atomic E-state index is -0.500. The zero-order valence-electron chi connectivity index (χ0n) is 15.5. The van der Waals surface area contributed by atoms with Crippen LogP contribution in [0.2, 0.25) is 0 Å². The molecule has 0 fully saturated rings. The number of halogens is 1. The van der Waals surface area contributed by atoms with E-state index in [4.69, 9.17) is 9.47 Å². The van der Waals surface area contributed by atoms with E-state index in [0.717, 1.165) is 0 Å². The van der Waals surface area contributed by atoms with Gasteiger partial charge in [0.2, 0.25) is 0 Å². The molecule has 0 amide bonds. The largest absolute Gasteiger partial charge is 0.463 e. The van der Waals surface area contributed by atoms with Crippen LogP contribution < -0.4 is 5.32 Å². The third-order valence-corrected chi connectivity index (χ3v) is 4.21. The average molecular weight is 361 g/mol. The highest BCUT2D eigenvalue weighted by atomic mass is 19.1. The van der Waals surface area contributed by atoms with Crippen molar-refractivity contribution in [2.75, 3.05) is 13.2 Å². The lowest BCUT2D eigenvalue weighted by Gasteiger charge is -2.30. The fourth-order valence-electron chi connectivity index (χ4n) is 3.11. The molecule has 0 saturated heterocycles. The van der Waals surface area contributed by atoms with Crippen LogP contribution in [0.1, 0.15) is 39.7 Å². The summed E-state index contributed by atoms with van der Waals surface area (Å²) in [7, 11) is 0. The van der Waals surface area contributed by atoms with Gasteiger partial charge in [-0.15, -0.1) is 0 Å². The molecule has 26 heavy (non-hydrogen) atoms. The van der Waals surface area contributed by atoms with Gasteiger partial charge in [0.15, 0.2) is 0 Å². The molecule has 0 saturated carbocycles. The number of benzene rings is 1. The molecule has 140 valence electrons. The first-order valence-corrected chi connectivity index (χ1v) is 8.76. The normalized spacial score (nSPS) is 17.0. The molecule has 0 aliphatic carbocycles. The van der Waals surface area contributed by atoms with Crippen LogP contribution in [0.3, 0.4) is 0 Å². The maximum Gasteiger partial charge on any atom is 0.336 e. The highest BCUT2D eigenvalue weighted by Gasteiger charge is 2.37. The van der Waals surface area contributed by atoms with E-state index in [0.29, 0.717) is 34.5 Å². The van der Waals surface area contributed by atoms with Gasteiger partial charge in [0.25, 0.3) is 0 Å². The second kappa shape index (κ2) is 8.65. The predicted molar refractivity (Wildman–Crippen MR) is 96.2 cm³/mol. The first kappa shape index (κ1) is 19.7. The molecule has 0 aromatic heterocycles. The highest BCUT2D eigenvalue weighted by Crippen LogP contribution is 2.37. The summed E-state index contributed by atoms with van der Waals surface area (Å²) >= 11 is 0. The van der Waals surface area contributed by atoms with Gasteiger partial charge in [0, 0.05) is 11.6 Å². The van der Waals surface area contributed by atoms with Gasteiger partial charge >= 0.3 is 11.9 Å².